The minimum atomic E-state index is -1.02. The Labute approximate surface area is 339 Å². The van der Waals surface area contributed by atoms with Crippen LogP contribution in [0.1, 0.15) is 145 Å². The van der Waals surface area contributed by atoms with Gasteiger partial charge in [0.15, 0.2) is 0 Å². The van der Waals surface area contributed by atoms with Gasteiger partial charge in [0.2, 0.25) is 0 Å². The zero-order valence-corrected chi connectivity index (χ0v) is 37.1. The fourth-order valence-electron chi connectivity index (χ4n) is 7.66. The zero-order valence-electron chi connectivity index (χ0n) is 34.7. The highest BCUT2D eigenvalue weighted by Crippen LogP contribution is 2.43. The lowest BCUT2D eigenvalue weighted by atomic mass is 9.82. The van der Waals surface area contributed by atoms with Gasteiger partial charge in [-0.1, -0.05) is 96.4 Å². The third kappa shape index (κ3) is 11.5. The number of carbonyl (C=O) groups is 2. The quantitative estimate of drug-likeness (QED) is 0.135. The van der Waals surface area contributed by atoms with E-state index in [1.165, 1.54) is 23.5 Å². The highest BCUT2D eigenvalue weighted by atomic mass is 32.2. The SMILES string of the molecule is CC(C)(SC(=S)SC(C)(C)C(=O)OCC(ON1C(C)(C)CCCC1(C)C)c1ccccc1)C(=O)OCC(ON1C(C)(C)CCCC1(C)C)c1ccccc1. The van der Waals surface area contributed by atoms with E-state index in [0.717, 1.165) is 49.7 Å². The molecule has 0 aromatic heterocycles. The van der Waals surface area contributed by atoms with E-state index in [2.05, 4.69) is 65.5 Å². The monoisotopic (exact) mass is 800 g/mol. The summed E-state index contributed by atoms with van der Waals surface area (Å²) in [6.07, 6.45) is 5.32. The third-order valence-corrected chi connectivity index (χ3v) is 13.2. The van der Waals surface area contributed by atoms with E-state index >= 15 is 0 Å². The van der Waals surface area contributed by atoms with E-state index in [9.17, 15) is 9.59 Å². The molecule has 2 heterocycles. The summed E-state index contributed by atoms with van der Waals surface area (Å²) in [5, 5.41) is 4.20. The van der Waals surface area contributed by atoms with Crippen LogP contribution < -0.4 is 0 Å². The van der Waals surface area contributed by atoms with Gasteiger partial charge in [-0.15, -0.1) is 0 Å². The average Bonchev–Trinajstić information content (AvgIpc) is 3.06. The Morgan fingerprint density at radius 2 is 0.907 bits per heavy atom. The van der Waals surface area contributed by atoms with Gasteiger partial charge in [-0.25, -0.2) is 0 Å². The molecule has 2 atom stereocenters. The third-order valence-electron chi connectivity index (χ3n) is 10.6. The van der Waals surface area contributed by atoms with Gasteiger partial charge in [0.05, 0.1) is 0 Å². The average molecular weight is 801 g/mol. The Bertz CT molecular complexity index is 1430. The number of rotatable bonds is 14. The van der Waals surface area contributed by atoms with Gasteiger partial charge in [-0.3, -0.25) is 19.3 Å². The largest absolute Gasteiger partial charge is 0.461 e. The van der Waals surface area contributed by atoms with Crippen LogP contribution in [0.4, 0.5) is 0 Å². The normalized spacial score (nSPS) is 21.1. The molecule has 4 rings (SSSR count). The molecule has 2 aliphatic rings. The molecule has 2 fully saturated rings. The molecule has 2 aliphatic heterocycles. The van der Waals surface area contributed by atoms with Crippen molar-refractivity contribution in [1.82, 2.24) is 10.1 Å². The number of thiocarbonyl (C=S) groups is 1. The Hall–Kier alpha value is -1.99. The Morgan fingerprint density at radius 3 is 1.20 bits per heavy atom. The number of nitrogens with zero attached hydrogens (tertiary/aromatic N) is 2. The van der Waals surface area contributed by atoms with Gasteiger partial charge in [-0.2, -0.15) is 10.1 Å². The number of hydrogen-bond acceptors (Lipinski definition) is 11. The Morgan fingerprint density at radius 1 is 0.611 bits per heavy atom. The molecule has 0 bridgehead atoms. The highest BCUT2D eigenvalue weighted by molar-refractivity contribution is 8.48. The van der Waals surface area contributed by atoms with Crippen LogP contribution in [0.2, 0.25) is 0 Å². The Kier molecular flexibility index (Phi) is 14.6. The number of benzene rings is 2. The summed E-state index contributed by atoms with van der Waals surface area (Å²) in [4.78, 5) is 40.8. The second-order valence-electron chi connectivity index (χ2n) is 18.2. The molecule has 2 aromatic rings. The summed E-state index contributed by atoms with van der Waals surface area (Å²) in [6.45, 7) is 24.8. The molecule has 0 saturated carbocycles. The van der Waals surface area contributed by atoms with E-state index < -0.39 is 33.6 Å². The topological polar surface area (TPSA) is 77.5 Å². The summed E-state index contributed by atoms with van der Waals surface area (Å²) in [7, 11) is 0. The molecule has 0 aliphatic carbocycles. The number of hydroxylamine groups is 4. The van der Waals surface area contributed by atoms with Crippen LogP contribution in [-0.4, -0.2) is 70.5 Å². The van der Waals surface area contributed by atoms with Crippen molar-refractivity contribution >= 4 is 51.2 Å². The van der Waals surface area contributed by atoms with Crippen LogP contribution in [-0.2, 0) is 28.7 Å². The molecule has 300 valence electrons. The summed E-state index contributed by atoms with van der Waals surface area (Å²) in [6, 6.07) is 19.8. The van der Waals surface area contributed by atoms with Gasteiger partial charge >= 0.3 is 11.9 Å². The van der Waals surface area contributed by atoms with Crippen molar-refractivity contribution in [2.24, 2.45) is 0 Å². The van der Waals surface area contributed by atoms with E-state index in [1.807, 2.05) is 60.7 Å². The number of esters is 2. The fourth-order valence-corrected chi connectivity index (χ4v) is 11.4. The standard InChI is InChI=1S/C43H64N2O6S3/c1-38(2)25-19-26-39(3,4)44(38)50-33(31-21-15-13-16-22-31)29-48-35(46)42(9,10)53-37(52)54-43(11,12)36(47)49-30-34(32-23-17-14-18-24-32)51-45-40(5,6)27-20-28-41(45,7)8/h13-18,21-24,33-34H,19-20,25-30H2,1-12H3. The molecule has 0 spiro atoms. The van der Waals surface area contributed by atoms with Crippen LogP contribution in [0.15, 0.2) is 60.7 Å². The van der Waals surface area contributed by atoms with E-state index in [1.54, 1.807) is 27.7 Å². The molecule has 0 amide bonds. The number of hydrogen-bond donors (Lipinski definition) is 0. The van der Waals surface area contributed by atoms with E-state index in [4.69, 9.17) is 31.4 Å². The molecule has 2 unspecified atom stereocenters. The summed E-state index contributed by atoms with van der Waals surface area (Å²) >= 11 is 8.20. The Balaban J connectivity index is 1.38. The maximum atomic E-state index is 13.7. The van der Waals surface area contributed by atoms with Gasteiger partial charge < -0.3 is 9.47 Å². The zero-order chi connectivity index (χ0) is 40.2. The summed E-state index contributed by atoms with van der Waals surface area (Å²) in [5.74, 6) is -0.826. The predicted molar refractivity (Wildman–Crippen MR) is 226 cm³/mol. The van der Waals surface area contributed by atoms with E-state index in [-0.39, 0.29) is 35.4 Å². The minimum absolute atomic E-state index is 0.0453. The van der Waals surface area contributed by atoms with E-state index in [0.29, 0.717) is 3.53 Å². The predicted octanol–water partition coefficient (Wildman–Crippen LogP) is 10.8. The van der Waals surface area contributed by atoms with Crippen molar-refractivity contribution in [3.05, 3.63) is 71.8 Å². The first kappa shape index (κ1) is 44.7. The first-order chi connectivity index (χ1) is 25.0. The van der Waals surface area contributed by atoms with Crippen LogP contribution in [0.5, 0.6) is 0 Å². The number of carbonyl (C=O) groups excluding carboxylic acids is 2. The van der Waals surface area contributed by atoms with Crippen LogP contribution in [0.25, 0.3) is 0 Å². The highest BCUT2D eigenvalue weighted by Gasteiger charge is 2.46. The molecule has 0 N–H and O–H groups in total. The van der Waals surface area contributed by atoms with Crippen LogP contribution >= 0.6 is 35.7 Å². The first-order valence-electron chi connectivity index (χ1n) is 19.3. The molecule has 0 radical (unpaired) electrons. The maximum Gasteiger partial charge on any atom is 0.322 e. The second-order valence-corrected chi connectivity index (χ2v) is 22.7. The number of piperidine rings is 2. The van der Waals surface area contributed by atoms with Crippen LogP contribution in [0.3, 0.4) is 0 Å². The van der Waals surface area contributed by atoms with Crippen molar-refractivity contribution in [3.63, 3.8) is 0 Å². The molecular formula is C43H64N2O6S3. The first-order valence-corrected chi connectivity index (χ1v) is 21.3. The fraction of sp³-hybridized carbons (Fsp3) is 0.651. The molecule has 11 heteroatoms. The molecular weight excluding hydrogens is 737 g/mol. The lowest BCUT2D eigenvalue weighted by Gasteiger charge is -2.52. The number of ether oxygens (including phenoxy) is 2. The van der Waals surface area contributed by atoms with Crippen molar-refractivity contribution in [2.45, 2.75) is 165 Å². The van der Waals surface area contributed by atoms with Crippen molar-refractivity contribution < 1.29 is 28.7 Å². The summed E-state index contributed by atoms with van der Waals surface area (Å²) in [5.41, 5.74) is 1.15. The van der Waals surface area contributed by atoms with Gasteiger partial charge in [0.1, 0.15) is 38.4 Å². The van der Waals surface area contributed by atoms with Crippen molar-refractivity contribution in [1.29, 1.82) is 0 Å². The molecule has 2 saturated heterocycles. The molecule has 54 heavy (non-hydrogen) atoms. The molecule has 8 nitrogen and oxygen atoms in total. The maximum absolute atomic E-state index is 13.7. The van der Waals surface area contributed by atoms with Gasteiger partial charge in [-0.05, 0) is 133 Å². The van der Waals surface area contributed by atoms with Crippen molar-refractivity contribution in [3.8, 4) is 0 Å². The molecule has 2 aromatic carbocycles. The number of thioether (sulfide) groups is 2. The lowest BCUT2D eigenvalue weighted by molar-refractivity contribution is -0.311. The summed E-state index contributed by atoms with van der Waals surface area (Å²) < 4.78 is 10.4. The van der Waals surface area contributed by atoms with Crippen molar-refractivity contribution in [2.75, 3.05) is 13.2 Å². The van der Waals surface area contributed by atoms with Gasteiger partial charge in [0, 0.05) is 22.2 Å². The lowest BCUT2D eigenvalue weighted by Crippen LogP contribution is -2.58. The minimum Gasteiger partial charge on any atom is -0.461 e. The smallest absolute Gasteiger partial charge is 0.322 e. The van der Waals surface area contributed by atoms with Crippen LogP contribution in [0, 0.1) is 0 Å². The second kappa shape index (κ2) is 17.7. The van der Waals surface area contributed by atoms with Gasteiger partial charge in [0.25, 0.3) is 0 Å².